The van der Waals surface area contributed by atoms with Gasteiger partial charge < -0.3 is 35.7 Å². The van der Waals surface area contributed by atoms with E-state index in [4.69, 9.17) is 10.8 Å². The van der Waals surface area contributed by atoms with Crippen LogP contribution in [0.3, 0.4) is 0 Å². The molecule has 0 unspecified atom stereocenters. The number of carbonyl (C=O) groups excluding carboxylic acids is 2. The molecule has 19 heavy (non-hydrogen) atoms. The van der Waals surface area contributed by atoms with E-state index < -0.39 is 43.0 Å². The topological polar surface area (TPSA) is 150 Å². The summed E-state index contributed by atoms with van der Waals surface area (Å²) in [5.41, 5.74) is 5.50. The van der Waals surface area contributed by atoms with Crippen LogP contribution in [-0.4, -0.2) is 69.7 Å². The minimum Gasteiger partial charge on any atom is -0.462 e. The number of aldehydes is 1. The maximum Gasteiger partial charge on any atom is 0.323 e. The van der Waals surface area contributed by atoms with Crippen molar-refractivity contribution in [3.05, 3.63) is 0 Å². The van der Waals surface area contributed by atoms with Crippen molar-refractivity contribution < 1.29 is 34.8 Å². The highest BCUT2D eigenvalue weighted by Crippen LogP contribution is 2.06. The van der Waals surface area contributed by atoms with Crippen LogP contribution in [-0.2, 0) is 14.3 Å². The molecule has 0 rings (SSSR count). The fraction of sp³-hybridized carbons (Fsp3) is 0.818. The number of aliphatic hydroxyl groups is 4. The van der Waals surface area contributed by atoms with E-state index in [1.54, 1.807) is 13.8 Å². The molecule has 0 aliphatic carbocycles. The molecule has 112 valence electrons. The molecule has 0 aromatic carbocycles. The number of esters is 1. The van der Waals surface area contributed by atoms with Crippen LogP contribution >= 0.6 is 0 Å². The Labute approximate surface area is 110 Å². The van der Waals surface area contributed by atoms with E-state index in [1.807, 2.05) is 0 Å². The van der Waals surface area contributed by atoms with Gasteiger partial charge in [0.05, 0.1) is 0 Å². The Hall–Kier alpha value is -1.06. The summed E-state index contributed by atoms with van der Waals surface area (Å²) in [5.74, 6) is -0.913. The molecule has 0 bridgehead atoms. The third-order valence-electron chi connectivity index (χ3n) is 2.62. The van der Waals surface area contributed by atoms with Crippen molar-refractivity contribution in [1.29, 1.82) is 0 Å². The van der Waals surface area contributed by atoms with E-state index >= 15 is 0 Å². The Morgan fingerprint density at radius 3 is 2.16 bits per heavy atom. The van der Waals surface area contributed by atoms with Crippen LogP contribution in [0.2, 0.25) is 0 Å². The van der Waals surface area contributed by atoms with Gasteiger partial charge in [-0.25, -0.2) is 0 Å². The molecule has 8 nitrogen and oxygen atoms in total. The highest BCUT2D eigenvalue weighted by molar-refractivity contribution is 5.75. The van der Waals surface area contributed by atoms with Gasteiger partial charge in [0.2, 0.25) is 0 Å². The van der Waals surface area contributed by atoms with Gasteiger partial charge >= 0.3 is 5.97 Å². The van der Waals surface area contributed by atoms with Crippen LogP contribution in [0.15, 0.2) is 0 Å². The molecule has 0 amide bonds. The molecule has 0 aromatic rings. The number of hydrogen-bond acceptors (Lipinski definition) is 8. The third-order valence-corrected chi connectivity index (χ3v) is 2.62. The van der Waals surface area contributed by atoms with Crippen LogP contribution in [0.25, 0.3) is 0 Å². The normalized spacial score (nSPS) is 19.4. The van der Waals surface area contributed by atoms with E-state index in [2.05, 4.69) is 4.74 Å². The Balaban J connectivity index is 4.27. The molecule has 0 aromatic heterocycles. The fourth-order valence-corrected chi connectivity index (χ4v) is 1.14. The highest BCUT2D eigenvalue weighted by atomic mass is 16.5. The molecule has 0 aliphatic heterocycles. The minimum absolute atomic E-state index is 0.0152. The molecular formula is C11H21NO7. The van der Waals surface area contributed by atoms with Crippen molar-refractivity contribution in [1.82, 2.24) is 0 Å². The molecule has 0 radical (unpaired) electrons. The van der Waals surface area contributed by atoms with Crippen molar-refractivity contribution in [3.8, 4) is 0 Å². The van der Waals surface area contributed by atoms with Crippen LogP contribution in [0.4, 0.5) is 0 Å². The summed E-state index contributed by atoms with van der Waals surface area (Å²) in [7, 11) is 0. The largest absolute Gasteiger partial charge is 0.462 e. The first-order chi connectivity index (χ1) is 8.72. The number of hydrogen-bond donors (Lipinski definition) is 5. The van der Waals surface area contributed by atoms with Gasteiger partial charge in [-0.1, -0.05) is 13.8 Å². The van der Waals surface area contributed by atoms with Crippen LogP contribution in [0, 0.1) is 5.92 Å². The van der Waals surface area contributed by atoms with Gasteiger partial charge in [0.1, 0.15) is 37.1 Å². The smallest absolute Gasteiger partial charge is 0.323 e. The van der Waals surface area contributed by atoms with Crippen LogP contribution in [0.1, 0.15) is 13.8 Å². The van der Waals surface area contributed by atoms with Crippen molar-refractivity contribution in [3.63, 3.8) is 0 Å². The quantitative estimate of drug-likeness (QED) is 0.235. The van der Waals surface area contributed by atoms with Gasteiger partial charge in [-0.2, -0.15) is 0 Å². The standard InChI is InChI=1S/C11H21NO7/c1-5(2)8(12)11(18)19-4-7(15)10(17)9(16)6(14)3-13/h3,5-10,14-17H,4,12H2,1-2H3/t6-,7-,8+,9-,10-/m1/s1. The van der Waals surface area contributed by atoms with Crippen molar-refractivity contribution in [2.45, 2.75) is 44.3 Å². The number of aliphatic hydroxyl groups excluding tert-OH is 4. The zero-order valence-corrected chi connectivity index (χ0v) is 10.8. The van der Waals surface area contributed by atoms with Gasteiger partial charge in [0.15, 0.2) is 6.29 Å². The summed E-state index contributed by atoms with van der Waals surface area (Å²) in [6.07, 6.45) is -7.17. The average Bonchev–Trinajstić information content (AvgIpc) is 2.40. The maximum atomic E-state index is 11.4. The SMILES string of the molecule is CC(C)[C@H](N)C(=O)OC[C@@H](O)[C@@H](O)[C@H](O)[C@H](O)C=O. The Morgan fingerprint density at radius 2 is 1.74 bits per heavy atom. The van der Waals surface area contributed by atoms with E-state index in [0.717, 1.165) is 0 Å². The number of nitrogens with two attached hydrogens (primary N) is 1. The molecule has 6 N–H and O–H groups in total. The summed E-state index contributed by atoms with van der Waals surface area (Å²) in [6.45, 7) is 2.81. The lowest BCUT2D eigenvalue weighted by molar-refractivity contribution is -0.158. The number of carbonyl (C=O) groups is 2. The maximum absolute atomic E-state index is 11.4. The first-order valence-corrected chi connectivity index (χ1v) is 5.82. The lowest BCUT2D eigenvalue weighted by Crippen LogP contribution is -2.47. The van der Waals surface area contributed by atoms with Gasteiger partial charge in [-0.3, -0.25) is 4.79 Å². The first kappa shape index (κ1) is 17.9. The first-order valence-electron chi connectivity index (χ1n) is 5.82. The van der Waals surface area contributed by atoms with Crippen LogP contribution in [0.5, 0.6) is 0 Å². The second-order valence-corrected chi connectivity index (χ2v) is 4.58. The van der Waals surface area contributed by atoms with E-state index in [9.17, 15) is 24.9 Å². The van der Waals surface area contributed by atoms with Gasteiger partial charge in [0.25, 0.3) is 0 Å². The minimum atomic E-state index is -1.87. The average molecular weight is 279 g/mol. The highest BCUT2D eigenvalue weighted by Gasteiger charge is 2.31. The Bertz CT molecular complexity index is 297. The van der Waals surface area contributed by atoms with E-state index in [1.165, 1.54) is 0 Å². The Kier molecular flexibility index (Phi) is 7.72. The molecule has 0 spiro atoms. The van der Waals surface area contributed by atoms with E-state index in [-0.39, 0.29) is 12.2 Å². The number of ether oxygens (including phenoxy) is 1. The second kappa shape index (κ2) is 8.18. The molecule has 0 saturated heterocycles. The molecule has 0 aliphatic rings. The number of rotatable bonds is 8. The molecule has 8 heteroatoms. The predicted octanol–water partition coefficient (Wildman–Crippen LogP) is -2.84. The molecule has 5 atom stereocenters. The van der Waals surface area contributed by atoms with Gasteiger partial charge in [-0.05, 0) is 5.92 Å². The summed E-state index contributed by atoms with van der Waals surface area (Å²) in [6, 6.07) is -0.866. The van der Waals surface area contributed by atoms with Crippen molar-refractivity contribution in [2.24, 2.45) is 11.7 Å². The van der Waals surface area contributed by atoms with Crippen LogP contribution < -0.4 is 5.73 Å². The second-order valence-electron chi connectivity index (χ2n) is 4.58. The lowest BCUT2D eigenvalue weighted by atomic mass is 10.0. The van der Waals surface area contributed by atoms with Crippen molar-refractivity contribution in [2.75, 3.05) is 6.61 Å². The zero-order valence-electron chi connectivity index (χ0n) is 10.8. The monoisotopic (exact) mass is 279 g/mol. The van der Waals surface area contributed by atoms with Gasteiger partial charge in [-0.15, -0.1) is 0 Å². The Morgan fingerprint density at radius 1 is 1.21 bits per heavy atom. The lowest BCUT2D eigenvalue weighted by Gasteiger charge is -2.24. The van der Waals surface area contributed by atoms with Crippen molar-refractivity contribution >= 4 is 12.3 Å². The summed E-state index contributed by atoms with van der Waals surface area (Å²) < 4.78 is 4.66. The molecular weight excluding hydrogens is 258 g/mol. The fourth-order valence-electron chi connectivity index (χ4n) is 1.14. The summed E-state index contributed by atoms with van der Waals surface area (Å²) >= 11 is 0. The summed E-state index contributed by atoms with van der Waals surface area (Å²) in [4.78, 5) is 21.6. The molecule has 0 heterocycles. The predicted molar refractivity (Wildman–Crippen MR) is 63.9 cm³/mol. The third kappa shape index (κ3) is 5.62. The summed E-state index contributed by atoms with van der Waals surface area (Å²) in [5, 5.41) is 37.1. The van der Waals surface area contributed by atoms with E-state index in [0.29, 0.717) is 0 Å². The van der Waals surface area contributed by atoms with Gasteiger partial charge in [0, 0.05) is 0 Å². The molecule has 0 fully saturated rings. The molecule has 0 saturated carbocycles. The zero-order chi connectivity index (χ0) is 15.2.